The molecule has 0 aliphatic carbocycles. The Bertz CT molecular complexity index is 1530. The molecule has 0 amide bonds. The van der Waals surface area contributed by atoms with Crippen molar-refractivity contribution < 1.29 is 9.53 Å². The van der Waals surface area contributed by atoms with Gasteiger partial charge in [-0.2, -0.15) is 4.99 Å². The van der Waals surface area contributed by atoms with Gasteiger partial charge in [0.2, 0.25) is 0 Å². The summed E-state index contributed by atoms with van der Waals surface area (Å²) in [5.74, 6) is 0.260. The number of benzene rings is 3. The number of ether oxygens (including phenoxy) is 1. The van der Waals surface area contributed by atoms with Crippen LogP contribution in [0.3, 0.4) is 0 Å². The fourth-order valence-corrected chi connectivity index (χ4v) is 4.33. The summed E-state index contributed by atoms with van der Waals surface area (Å²) in [6, 6.07) is 27.5. The number of fused-ring (bicyclic) bond motifs is 1. The summed E-state index contributed by atoms with van der Waals surface area (Å²) in [4.78, 5) is 17.5. The molecule has 35 heavy (non-hydrogen) atoms. The Balaban J connectivity index is 1.31. The van der Waals surface area contributed by atoms with Gasteiger partial charge in [-0.25, -0.2) is 4.79 Å². The van der Waals surface area contributed by atoms with Gasteiger partial charge in [0.1, 0.15) is 4.88 Å². The van der Waals surface area contributed by atoms with Crippen LogP contribution in [0.4, 0.5) is 17.2 Å². The lowest BCUT2D eigenvalue weighted by Gasteiger charge is -2.11. The van der Waals surface area contributed by atoms with Crippen molar-refractivity contribution in [3.8, 4) is 17.0 Å². The van der Waals surface area contributed by atoms with Crippen LogP contribution < -0.4 is 21.5 Å². The van der Waals surface area contributed by atoms with Crippen LogP contribution in [0, 0.1) is 0 Å². The van der Waals surface area contributed by atoms with E-state index in [1.54, 1.807) is 42.5 Å². The Morgan fingerprint density at radius 3 is 2.51 bits per heavy atom. The van der Waals surface area contributed by atoms with Crippen LogP contribution in [0.25, 0.3) is 21.3 Å². The Hall–Kier alpha value is -4.76. The number of nitrogen functional groups attached to an aromatic ring is 1. The fraction of sp³-hybridized carbons (Fsp3) is 0. The van der Waals surface area contributed by atoms with E-state index in [9.17, 15) is 4.79 Å². The molecular weight excluding hydrogens is 460 g/mol. The molecule has 9 heteroatoms. The number of carbonyl (C=O) groups is 1. The first-order chi connectivity index (χ1) is 17.0. The van der Waals surface area contributed by atoms with Crippen molar-refractivity contribution in [1.82, 2.24) is 10.2 Å². The molecule has 0 unspecified atom stereocenters. The molecule has 0 atom stereocenters. The van der Waals surface area contributed by atoms with Crippen LogP contribution in [-0.2, 0) is 0 Å². The summed E-state index contributed by atoms with van der Waals surface area (Å²) >= 11 is 1.34. The number of thiophene rings is 1. The van der Waals surface area contributed by atoms with Gasteiger partial charge >= 0.3 is 5.97 Å². The maximum absolute atomic E-state index is 12.8. The van der Waals surface area contributed by atoms with Gasteiger partial charge in [0, 0.05) is 16.0 Å². The Morgan fingerprint density at radius 1 is 0.914 bits per heavy atom. The van der Waals surface area contributed by atoms with Crippen LogP contribution in [0.15, 0.2) is 96.0 Å². The number of esters is 1. The zero-order valence-electron chi connectivity index (χ0n) is 18.4. The lowest BCUT2D eigenvalue weighted by atomic mass is 10.1. The van der Waals surface area contributed by atoms with E-state index < -0.39 is 5.97 Å². The van der Waals surface area contributed by atoms with Gasteiger partial charge in [-0.3, -0.25) is 0 Å². The smallest absolute Gasteiger partial charge is 0.353 e. The average molecular weight is 481 g/mol. The van der Waals surface area contributed by atoms with Gasteiger partial charge < -0.3 is 21.5 Å². The number of aliphatic imine (C=N–C) groups is 1. The third-order valence-electron chi connectivity index (χ3n) is 5.05. The first kappa shape index (κ1) is 22.1. The number of nitrogens with one attached hydrogen (secondary N) is 1. The summed E-state index contributed by atoms with van der Waals surface area (Å²) in [5, 5.41) is 12.2. The first-order valence-corrected chi connectivity index (χ1v) is 11.5. The van der Waals surface area contributed by atoms with Gasteiger partial charge in [0.15, 0.2) is 17.5 Å². The van der Waals surface area contributed by atoms with E-state index in [1.807, 2.05) is 48.5 Å². The first-order valence-electron chi connectivity index (χ1n) is 10.7. The third-order valence-corrected chi connectivity index (χ3v) is 6.15. The van der Waals surface area contributed by atoms with Crippen LogP contribution in [0.2, 0.25) is 0 Å². The predicted octanol–water partition coefficient (Wildman–Crippen LogP) is 5.22. The van der Waals surface area contributed by atoms with Gasteiger partial charge in [-0.05, 0) is 53.9 Å². The summed E-state index contributed by atoms with van der Waals surface area (Å²) in [6.07, 6.45) is 0. The minimum Gasteiger partial charge on any atom is -0.420 e. The van der Waals surface area contributed by atoms with E-state index in [4.69, 9.17) is 16.2 Å². The molecule has 2 aromatic heterocycles. The largest absolute Gasteiger partial charge is 0.420 e. The highest BCUT2D eigenvalue weighted by atomic mass is 32.1. The molecule has 0 aliphatic heterocycles. The molecule has 0 saturated carbocycles. The second kappa shape index (κ2) is 9.62. The third kappa shape index (κ3) is 5.10. The lowest BCUT2D eigenvalue weighted by molar-refractivity contribution is 0.0741. The molecule has 0 bridgehead atoms. The highest BCUT2D eigenvalue weighted by Crippen LogP contribution is 2.30. The van der Waals surface area contributed by atoms with E-state index in [1.165, 1.54) is 11.3 Å². The fourth-order valence-electron chi connectivity index (χ4n) is 3.41. The molecule has 3 aromatic carbocycles. The van der Waals surface area contributed by atoms with Crippen molar-refractivity contribution in [1.29, 1.82) is 0 Å². The Kier molecular flexibility index (Phi) is 6.06. The molecule has 0 saturated heterocycles. The molecule has 2 heterocycles. The maximum atomic E-state index is 12.8. The number of rotatable bonds is 5. The molecule has 8 nitrogen and oxygen atoms in total. The quantitative estimate of drug-likeness (QED) is 0.103. The number of anilines is 2. The monoisotopic (exact) mass is 480 g/mol. The second-order valence-electron chi connectivity index (χ2n) is 7.56. The SMILES string of the molecule is NC(=Nc1ccc(-c2ccccc2)nn1)Nc1ccccc1OC(=O)c1cc2cc(N)ccc2s1. The zero-order valence-corrected chi connectivity index (χ0v) is 19.2. The lowest BCUT2D eigenvalue weighted by Crippen LogP contribution is -2.23. The molecule has 5 aromatic rings. The number of hydrogen-bond acceptors (Lipinski definition) is 7. The Morgan fingerprint density at radius 2 is 1.71 bits per heavy atom. The number of carbonyl (C=O) groups excluding carboxylic acids is 1. The summed E-state index contributed by atoms with van der Waals surface area (Å²) in [6.45, 7) is 0. The molecular formula is C26H20N6O2S. The van der Waals surface area contributed by atoms with Crippen LogP contribution >= 0.6 is 11.3 Å². The highest BCUT2D eigenvalue weighted by Gasteiger charge is 2.15. The number of nitrogens with two attached hydrogens (primary N) is 2. The van der Waals surface area contributed by atoms with Gasteiger partial charge in [-0.1, -0.05) is 42.5 Å². The minimum atomic E-state index is -0.475. The second-order valence-corrected chi connectivity index (χ2v) is 8.64. The van der Waals surface area contributed by atoms with Crippen molar-refractivity contribution in [3.05, 3.63) is 95.9 Å². The van der Waals surface area contributed by atoms with Crippen molar-refractivity contribution in [2.24, 2.45) is 10.7 Å². The van der Waals surface area contributed by atoms with Gasteiger partial charge in [0.05, 0.1) is 11.4 Å². The van der Waals surface area contributed by atoms with Crippen molar-refractivity contribution >= 4 is 50.5 Å². The highest BCUT2D eigenvalue weighted by molar-refractivity contribution is 7.20. The van der Waals surface area contributed by atoms with E-state index in [-0.39, 0.29) is 5.96 Å². The molecule has 5 N–H and O–H groups in total. The topological polar surface area (TPSA) is 129 Å². The van der Waals surface area contributed by atoms with Crippen LogP contribution in [0.5, 0.6) is 5.75 Å². The van der Waals surface area contributed by atoms with E-state index >= 15 is 0 Å². The molecule has 5 rings (SSSR count). The number of hydrogen-bond donors (Lipinski definition) is 3. The predicted molar refractivity (Wildman–Crippen MR) is 140 cm³/mol. The van der Waals surface area contributed by atoms with Gasteiger partial charge in [0.25, 0.3) is 0 Å². The van der Waals surface area contributed by atoms with E-state index in [0.29, 0.717) is 27.8 Å². The molecule has 0 fully saturated rings. The van der Waals surface area contributed by atoms with E-state index in [2.05, 4.69) is 20.5 Å². The van der Waals surface area contributed by atoms with Crippen molar-refractivity contribution in [2.45, 2.75) is 0 Å². The normalized spacial score (nSPS) is 11.4. The zero-order chi connectivity index (χ0) is 24.2. The number of nitrogens with zero attached hydrogens (tertiary/aromatic N) is 3. The van der Waals surface area contributed by atoms with E-state index in [0.717, 1.165) is 21.3 Å². The summed E-state index contributed by atoms with van der Waals surface area (Å²) in [7, 11) is 0. The van der Waals surface area contributed by atoms with Crippen LogP contribution in [-0.4, -0.2) is 22.1 Å². The number of aromatic nitrogens is 2. The maximum Gasteiger partial charge on any atom is 0.353 e. The van der Waals surface area contributed by atoms with Gasteiger partial charge in [-0.15, -0.1) is 21.5 Å². The van der Waals surface area contributed by atoms with Crippen LogP contribution in [0.1, 0.15) is 9.67 Å². The average Bonchev–Trinajstić information content (AvgIpc) is 3.30. The van der Waals surface area contributed by atoms with Crippen molar-refractivity contribution in [3.63, 3.8) is 0 Å². The minimum absolute atomic E-state index is 0.0765. The van der Waals surface area contributed by atoms with Crippen molar-refractivity contribution in [2.75, 3.05) is 11.1 Å². The Labute approximate surface area is 204 Å². The molecule has 0 radical (unpaired) electrons. The molecule has 172 valence electrons. The molecule has 0 aliphatic rings. The molecule has 0 spiro atoms. The number of para-hydroxylation sites is 2. The summed E-state index contributed by atoms with van der Waals surface area (Å²) < 4.78 is 6.60. The summed E-state index contributed by atoms with van der Waals surface area (Å²) in [5.41, 5.74) is 14.7. The number of guanidine groups is 1. The standard InChI is InChI=1S/C26H20N6O2S/c27-18-10-12-22-17(14-18)15-23(35-22)25(33)34-21-9-5-4-8-20(21)29-26(28)30-24-13-11-19(31-32-24)16-6-2-1-3-7-16/h1-15H,27H2,(H3,28,29,30,32).